The third kappa shape index (κ3) is 3.31. The van der Waals surface area contributed by atoms with E-state index in [-0.39, 0.29) is 23.7 Å². The summed E-state index contributed by atoms with van der Waals surface area (Å²) in [5.74, 6) is 0.279. The van der Waals surface area contributed by atoms with Gasteiger partial charge in [-0.25, -0.2) is 9.59 Å². The molecule has 0 aromatic carbocycles. The Labute approximate surface area is 117 Å². The van der Waals surface area contributed by atoms with Crippen molar-refractivity contribution in [2.45, 2.75) is 45.7 Å². The van der Waals surface area contributed by atoms with E-state index >= 15 is 0 Å². The topological polar surface area (TPSA) is 91.6 Å². The lowest BCUT2D eigenvalue weighted by Crippen LogP contribution is -2.49. The third-order valence-corrected chi connectivity index (χ3v) is 3.66. The second-order valence-corrected chi connectivity index (χ2v) is 5.79. The van der Waals surface area contributed by atoms with Gasteiger partial charge in [-0.15, -0.1) is 0 Å². The summed E-state index contributed by atoms with van der Waals surface area (Å²) < 4.78 is 5.29. The molecule has 2 amide bonds. The van der Waals surface area contributed by atoms with Crippen LogP contribution >= 0.6 is 0 Å². The molecule has 1 aliphatic carbocycles. The summed E-state index contributed by atoms with van der Waals surface area (Å²) >= 11 is 0. The van der Waals surface area contributed by atoms with Gasteiger partial charge >= 0.3 is 12.0 Å². The number of rotatable bonds is 5. The van der Waals surface area contributed by atoms with E-state index in [2.05, 4.69) is 10.6 Å². The van der Waals surface area contributed by atoms with E-state index < -0.39 is 5.97 Å². The maximum Gasteiger partial charge on any atom is 0.339 e. The Hall–Kier alpha value is -1.98. The lowest BCUT2D eigenvalue weighted by molar-refractivity contribution is 0.0695. The van der Waals surface area contributed by atoms with Crippen molar-refractivity contribution >= 4 is 12.0 Å². The van der Waals surface area contributed by atoms with Crippen molar-refractivity contribution in [1.29, 1.82) is 0 Å². The van der Waals surface area contributed by atoms with Gasteiger partial charge in [0.15, 0.2) is 0 Å². The zero-order valence-electron chi connectivity index (χ0n) is 11.9. The van der Waals surface area contributed by atoms with E-state index in [1.165, 1.54) is 6.07 Å². The smallest absolute Gasteiger partial charge is 0.339 e. The number of amides is 2. The summed E-state index contributed by atoms with van der Waals surface area (Å²) in [6.07, 6.45) is 2.29. The molecule has 1 aromatic rings. The number of carbonyl (C=O) groups excluding carboxylic acids is 1. The van der Waals surface area contributed by atoms with Gasteiger partial charge in [0, 0.05) is 5.54 Å². The van der Waals surface area contributed by atoms with Crippen LogP contribution in [-0.4, -0.2) is 22.6 Å². The molecule has 6 heteroatoms. The van der Waals surface area contributed by atoms with Crippen LogP contribution in [0.15, 0.2) is 10.5 Å². The Morgan fingerprint density at radius 2 is 2.10 bits per heavy atom. The van der Waals surface area contributed by atoms with E-state index in [1.54, 1.807) is 6.92 Å². The van der Waals surface area contributed by atoms with Crippen molar-refractivity contribution in [2.75, 3.05) is 0 Å². The van der Waals surface area contributed by atoms with Crippen molar-refractivity contribution in [3.05, 3.63) is 23.2 Å². The van der Waals surface area contributed by atoms with Gasteiger partial charge in [0.2, 0.25) is 0 Å². The molecule has 1 fully saturated rings. The monoisotopic (exact) mass is 280 g/mol. The second-order valence-electron chi connectivity index (χ2n) is 5.79. The summed E-state index contributed by atoms with van der Waals surface area (Å²) in [6.45, 7) is 5.76. The zero-order valence-corrected chi connectivity index (χ0v) is 11.9. The summed E-state index contributed by atoms with van der Waals surface area (Å²) in [6, 6.07) is 1.16. The SMILES string of the molecule is Cc1oc(CNC(=O)NC(C)(C)C2CC2)cc1C(=O)O. The second kappa shape index (κ2) is 5.19. The molecule has 1 aromatic heterocycles. The first-order valence-electron chi connectivity index (χ1n) is 6.68. The van der Waals surface area contributed by atoms with Gasteiger partial charge in [-0.05, 0) is 45.6 Å². The normalized spacial score (nSPS) is 14.9. The van der Waals surface area contributed by atoms with Crippen molar-refractivity contribution in [3.8, 4) is 0 Å². The summed E-state index contributed by atoms with van der Waals surface area (Å²) in [4.78, 5) is 22.7. The van der Waals surface area contributed by atoms with Crippen LogP contribution < -0.4 is 10.6 Å². The lowest BCUT2D eigenvalue weighted by atomic mass is 9.99. The Balaban J connectivity index is 1.87. The quantitative estimate of drug-likeness (QED) is 0.771. The van der Waals surface area contributed by atoms with E-state index in [0.29, 0.717) is 17.4 Å². The number of urea groups is 1. The predicted molar refractivity (Wildman–Crippen MR) is 72.6 cm³/mol. The fraction of sp³-hybridized carbons (Fsp3) is 0.571. The van der Waals surface area contributed by atoms with Gasteiger partial charge in [-0.3, -0.25) is 0 Å². The molecule has 1 saturated carbocycles. The van der Waals surface area contributed by atoms with Crippen LogP contribution in [0.5, 0.6) is 0 Å². The van der Waals surface area contributed by atoms with Gasteiger partial charge in [0.05, 0.1) is 6.54 Å². The van der Waals surface area contributed by atoms with Crippen molar-refractivity contribution in [2.24, 2.45) is 5.92 Å². The van der Waals surface area contributed by atoms with Crippen molar-refractivity contribution in [3.63, 3.8) is 0 Å². The Morgan fingerprint density at radius 1 is 1.45 bits per heavy atom. The van der Waals surface area contributed by atoms with Gasteiger partial charge in [-0.2, -0.15) is 0 Å². The number of hydrogen-bond donors (Lipinski definition) is 3. The maximum absolute atomic E-state index is 11.8. The molecule has 0 spiro atoms. The highest BCUT2D eigenvalue weighted by atomic mass is 16.4. The minimum atomic E-state index is -1.03. The van der Waals surface area contributed by atoms with Crippen LogP contribution in [0, 0.1) is 12.8 Å². The molecule has 3 N–H and O–H groups in total. The maximum atomic E-state index is 11.8. The molecule has 6 nitrogen and oxygen atoms in total. The summed E-state index contributed by atoms with van der Waals surface area (Å²) in [7, 11) is 0. The molecule has 1 heterocycles. The predicted octanol–water partition coefficient (Wildman–Crippen LogP) is 2.27. The average Bonchev–Trinajstić information content (AvgIpc) is 3.11. The van der Waals surface area contributed by atoms with Gasteiger partial charge in [0.25, 0.3) is 0 Å². The number of aromatic carboxylic acids is 1. The number of carbonyl (C=O) groups is 2. The standard InChI is InChI=1S/C14H20N2O4/c1-8-11(12(17)18)6-10(20-8)7-15-13(19)16-14(2,3)9-4-5-9/h6,9H,4-5,7H2,1-3H3,(H,17,18)(H2,15,16,19). The molecule has 0 atom stereocenters. The minimum Gasteiger partial charge on any atom is -0.478 e. The van der Waals surface area contributed by atoms with Gasteiger partial charge in [0.1, 0.15) is 17.1 Å². The minimum absolute atomic E-state index is 0.125. The number of hydrogen-bond acceptors (Lipinski definition) is 3. The molecule has 110 valence electrons. The number of nitrogens with one attached hydrogen (secondary N) is 2. The van der Waals surface area contributed by atoms with E-state index in [1.807, 2.05) is 13.8 Å². The number of aryl methyl sites for hydroxylation is 1. The molecule has 1 aliphatic rings. The molecular weight excluding hydrogens is 260 g/mol. The molecule has 0 radical (unpaired) electrons. The number of carboxylic acid groups (broad SMARTS) is 1. The first-order valence-corrected chi connectivity index (χ1v) is 6.68. The highest BCUT2D eigenvalue weighted by molar-refractivity contribution is 5.88. The summed E-state index contributed by atoms with van der Waals surface area (Å²) in [5.41, 5.74) is -0.0874. The Kier molecular flexibility index (Phi) is 3.74. The van der Waals surface area contributed by atoms with Crippen LogP contribution in [-0.2, 0) is 6.54 Å². The van der Waals surface area contributed by atoms with Crippen molar-refractivity contribution < 1.29 is 19.1 Å². The molecule has 0 aliphatic heterocycles. The van der Waals surface area contributed by atoms with Gasteiger partial charge < -0.3 is 20.2 Å². The lowest BCUT2D eigenvalue weighted by Gasteiger charge is -2.26. The van der Waals surface area contributed by atoms with Crippen LogP contribution in [0.3, 0.4) is 0 Å². The Morgan fingerprint density at radius 3 is 2.60 bits per heavy atom. The van der Waals surface area contributed by atoms with Crippen LogP contribution in [0.1, 0.15) is 48.6 Å². The van der Waals surface area contributed by atoms with Crippen LogP contribution in [0.2, 0.25) is 0 Å². The Bertz CT molecular complexity index is 529. The first kappa shape index (κ1) is 14.4. The van der Waals surface area contributed by atoms with Crippen LogP contribution in [0.25, 0.3) is 0 Å². The molecule has 2 rings (SSSR count). The van der Waals surface area contributed by atoms with Gasteiger partial charge in [-0.1, -0.05) is 0 Å². The van der Waals surface area contributed by atoms with E-state index in [4.69, 9.17) is 9.52 Å². The van der Waals surface area contributed by atoms with E-state index in [9.17, 15) is 9.59 Å². The fourth-order valence-corrected chi connectivity index (χ4v) is 2.25. The highest BCUT2D eigenvalue weighted by Gasteiger charge is 2.38. The zero-order chi connectivity index (χ0) is 14.9. The first-order chi connectivity index (χ1) is 9.29. The third-order valence-electron chi connectivity index (χ3n) is 3.66. The summed E-state index contributed by atoms with van der Waals surface area (Å²) in [5, 5.41) is 14.5. The molecule has 0 unspecified atom stereocenters. The van der Waals surface area contributed by atoms with Crippen molar-refractivity contribution in [1.82, 2.24) is 10.6 Å². The highest BCUT2D eigenvalue weighted by Crippen LogP contribution is 2.39. The number of carboxylic acids is 1. The van der Waals surface area contributed by atoms with Crippen LogP contribution in [0.4, 0.5) is 4.79 Å². The fourth-order valence-electron chi connectivity index (χ4n) is 2.25. The number of furan rings is 1. The largest absolute Gasteiger partial charge is 0.478 e. The molecule has 0 bridgehead atoms. The van der Waals surface area contributed by atoms with E-state index in [0.717, 1.165) is 12.8 Å². The average molecular weight is 280 g/mol. The molecular formula is C14H20N2O4. The molecule has 20 heavy (non-hydrogen) atoms. The molecule has 0 saturated heterocycles.